The highest BCUT2D eigenvalue weighted by molar-refractivity contribution is 7.89. The Kier molecular flexibility index (Phi) is 6.28. The second-order valence-electron chi connectivity index (χ2n) is 7.10. The fourth-order valence-electron chi connectivity index (χ4n) is 3.08. The minimum atomic E-state index is -3.82. The Morgan fingerprint density at radius 2 is 1.48 bits per heavy atom. The van der Waals surface area contributed by atoms with Gasteiger partial charge in [-0.1, -0.05) is 0 Å². The highest BCUT2D eigenvalue weighted by Gasteiger charge is 2.19. The minimum Gasteiger partial charge on any atom is -0.449 e. The van der Waals surface area contributed by atoms with Crippen LogP contribution in [0.4, 0.5) is 5.69 Å². The molecule has 0 bridgehead atoms. The molecule has 3 N–H and O–H groups in total. The largest absolute Gasteiger partial charge is 0.449 e. The standard InChI is InChI=1S/C22H23N3O5S/c1-14-4-5-15(2)25(14)19-10-6-17(7-11-19)22(27)30-16(3)21(26)24-18-8-12-20(13-9-18)31(23,28)29/h4-13,16H,1-3H3,(H,24,26)(H2,23,28,29). The Morgan fingerprint density at radius 3 is 2.00 bits per heavy atom. The SMILES string of the molecule is Cc1ccc(C)n1-c1ccc(C(=O)OC(C)C(=O)Nc2ccc(S(N)(=O)=O)cc2)cc1. The highest BCUT2D eigenvalue weighted by atomic mass is 32.2. The van der Waals surface area contributed by atoms with E-state index in [9.17, 15) is 18.0 Å². The molecule has 0 saturated carbocycles. The second kappa shape index (κ2) is 8.75. The van der Waals surface area contributed by atoms with Gasteiger partial charge in [0.1, 0.15) is 0 Å². The van der Waals surface area contributed by atoms with E-state index in [0.29, 0.717) is 11.3 Å². The predicted octanol–water partition coefficient (Wildman–Crippen LogP) is 2.93. The van der Waals surface area contributed by atoms with E-state index in [4.69, 9.17) is 9.88 Å². The second-order valence-corrected chi connectivity index (χ2v) is 8.67. The van der Waals surface area contributed by atoms with Crippen LogP contribution in [-0.2, 0) is 19.6 Å². The van der Waals surface area contributed by atoms with Crippen LogP contribution in [0.15, 0.2) is 65.6 Å². The zero-order valence-electron chi connectivity index (χ0n) is 17.3. The summed E-state index contributed by atoms with van der Waals surface area (Å²) in [6, 6.07) is 16.3. The molecule has 1 atom stereocenters. The third kappa shape index (κ3) is 5.19. The fraction of sp³-hybridized carbons (Fsp3) is 0.182. The number of amides is 1. The Balaban J connectivity index is 1.62. The summed E-state index contributed by atoms with van der Waals surface area (Å²) in [7, 11) is -3.82. The molecule has 162 valence electrons. The first-order chi connectivity index (χ1) is 14.6. The van der Waals surface area contributed by atoms with Crippen molar-refractivity contribution >= 4 is 27.6 Å². The molecule has 0 radical (unpaired) electrons. The zero-order valence-corrected chi connectivity index (χ0v) is 18.1. The molecule has 31 heavy (non-hydrogen) atoms. The van der Waals surface area contributed by atoms with E-state index in [-0.39, 0.29) is 4.90 Å². The Labute approximate surface area is 180 Å². The van der Waals surface area contributed by atoms with Crippen LogP contribution in [0.25, 0.3) is 5.69 Å². The molecule has 0 aliphatic heterocycles. The van der Waals surface area contributed by atoms with E-state index in [2.05, 4.69) is 9.88 Å². The van der Waals surface area contributed by atoms with E-state index < -0.39 is 28.0 Å². The van der Waals surface area contributed by atoms with Crippen molar-refractivity contribution in [3.8, 4) is 5.69 Å². The number of ether oxygens (including phenoxy) is 1. The van der Waals surface area contributed by atoms with Gasteiger partial charge >= 0.3 is 5.97 Å². The number of carbonyl (C=O) groups is 2. The van der Waals surface area contributed by atoms with Gasteiger partial charge in [0.15, 0.2) is 6.10 Å². The minimum absolute atomic E-state index is 0.0706. The van der Waals surface area contributed by atoms with E-state index in [1.54, 1.807) is 12.1 Å². The lowest BCUT2D eigenvalue weighted by atomic mass is 10.2. The average Bonchev–Trinajstić information content (AvgIpc) is 3.05. The van der Waals surface area contributed by atoms with E-state index in [1.165, 1.54) is 31.2 Å². The molecule has 1 unspecified atom stereocenters. The molecule has 3 rings (SSSR count). The van der Waals surface area contributed by atoms with Crippen molar-refractivity contribution in [2.75, 3.05) is 5.32 Å². The topological polar surface area (TPSA) is 120 Å². The van der Waals surface area contributed by atoms with Crippen molar-refractivity contribution in [2.45, 2.75) is 31.8 Å². The van der Waals surface area contributed by atoms with Gasteiger partial charge in [-0.25, -0.2) is 18.4 Å². The summed E-state index contributed by atoms with van der Waals surface area (Å²) >= 11 is 0. The number of hydrogen-bond acceptors (Lipinski definition) is 5. The molecule has 0 aliphatic rings. The van der Waals surface area contributed by atoms with Gasteiger partial charge in [0.05, 0.1) is 10.5 Å². The first-order valence-electron chi connectivity index (χ1n) is 9.46. The molecule has 9 heteroatoms. The molecular formula is C22H23N3O5S. The molecule has 3 aromatic rings. The predicted molar refractivity (Wildman–Crippen MR) is 117 cm³/mol. The Hall–Kier alpha value is -3.43. The Bertz CT molecular complexity index is 1190. The van der Waals surface area contributed by atoms with Crippen LogP contribution in [-0.4, -0.2) is 31.0 Å². The first kappa shape index (κ1) is 22.3. The number of nitrogens with zero attached hydrogens (tertiary/aromatic N) is 1. The molecule has 0 aliphatic carbocycles. The number of benzene rings is 2. The number of hydrogen-bond donors (Lipinski definition) is 2. The van der Waals surface area contributed by atoms with Crippen LogP contribution in [0, 0.1) is 13.8 Å². The number of nitrogens with one attached hydrogen (secondary N) is 1. The molecule has 1 aromatic heterocycles. The van der Waals surface area contributed by atoms with Crippen LogP contribution >= 0.6 is 0 Å². The fourth-order valence-corrected chi connectivity index (χ4v) is 3.59. The van der Waals surface area contributed by atoms with Gasteiger partial charge in [0.25, 0.3) is 5.91 Å². The summed E-state index contributed by atoms with van der Waals surface area (Å²) in [4.78, 5) is 24.6. The third-order valence-corrected chi connectivity index (χ3v) is 5.67. The maximum atomic E-state index is 12.4. The van der Waals surface area contributed by atoms with Gasteiger partial charge in [-0.15, -0.1) is 0 Å². The number of aryl methyl sites for hydroxylation is 2. The Morgan fingerprint density at radius 1 is 0.935 bits per heavy atom. The van der Waals surface area contributed by atoms with Crippen LogP contribution in [0.2, 0.25) is 0 Å². The average molecular weight is 442 g/mol. The number of aromatic nitrogens is 1. The number of rotatable bonds is 6. The molecule has 1 heterocycles. The van der Waals surface area contributed by atoms with Crippen molar-refractivity contribution in [2.24, 2.45) is 5.14 Å². The quantitative estimate of drug-likeness (QED) is 0.570. The van der Waals surface area contributed by atoms with Gasteiger partial charge in [0, 0.05) is 22.8 Å². The van der Waals surface area contributed by atoms with Crippen molar-refractivity contribution < 1.29 is 22.7 Å². The summed E-state index contributed by atoms with van der Waals surface area (Å²) < 4.78 is 29.9. The number of nitrogens with two attached hydrogens (primary N) is 1. The van der Waals surface area contributed by atoms with E-state index >= 15 is 0 Å². The molecule has 2 aromatic carbocycles. The highest BCUT2D eigenvalue weighted by Crippen LogP contribution is 2.18. The molecule has 0 spiro atoms. The van der Waals surface area contributed by atoms with Crippen molar-refractivity contribution in [1.82, 2.24) is 4.57 Å². The van der Waals surface area contributed by atoms with Crippen LogP contribution in [0.5, 0.6) is 0 Å². The summed E-state index contributed by atoms with van der Waals surface area (Å²) in [6.45, 7) is 5.45. The van der Waals surface area contributed by atoms with Crippen molar-refractivity contribution in [1.29, 1.82) is 0 Å². The normalized spacial score (nSPS) is 12.3. The summed E-state index contributed by atoms with van der Waals surface area (Å²) in [5, 5.41) is 7.61. The zero-order chi connectivity index (χ0) is 22.8. The molecule has 1 amide bonds. The molecule has 0 saturated heterocycles. The van der Waals surface area contributed by atoms with Crippen LogP contribution in [0.3, 0.4) is 0 Å². The lowest BCUT2D eigenvalue weighted by Gasteiger charge is -2.14. The number of sulfonamides is 1. The lowest BCUT2D eigenvalue weighted by molar-refractivity contribution is -0.123. The van der Waals surface area contributed by atoms with E-state index in [1.807, 2.05) is 38.1 Å². The third-order valence-electron chi connectivity index (χ3n) is 4.74. The maximum Gasteiger partial charge on any atom is 0.338 e. The number of carbonyl (C=O) groups excluding carboxylic acids is 2. The summed E-state index contributed by atoms with van der Waals surface area (Å²) in [5.41, 5.74) is 3.75. The summed E-state index contributed by atoms with van der Waals surface area (Å²) in [5.74, 6) is -1.17. The molecule has 0 fully saturated rings. The van der Waals surface area contributed by atoms with Gasteiger partial charge in [-0.2, -0.15) is 0 Å². The van der Waals surface area contributed by atoms with Crippen LogP contribution in [0.1, 0.15) is 28.7 Å². The van der Waals surface area contributed by atoms with Crippen molar-refractivity contribution in [3.63, 3.8) is 0 Å². The first-order valence-corrected chi connectivity index (χ1v) is 11.0. The van der Waals surface area contributed by atoms with Crippen molar-refractivity contribution in [3.05, 3.63) is 77.6 Å². The summed E-state index contributed by atoms with van der Waals surface area (Å²) in [6.07, 6.45) is -1.06. The number of esters is 1. The number of primary sulfonamides is 1. The van der Waals surface area contributed by atoms with Crippen LogP contribution < -0.4 is 10.5 Å². The van der Waals surface area contributed by atoms with Gasteiger partial charge in [0.2, 0.25) is 10.0 Å². The smallest absolute Gasteiger partial charge is 0.338 e. The maximum absolute atomic E-state index is 12.4. The molecule has 8 nitrogen and oxygen atoms in total. The lowest BCUT2D eigenvalue weighted by Crippen LogP contribution is -2.30. The van der Waals surface area contributed by atoms with Gasteiger partial charge in [-0.05, 0) is 81.4 Å². The van der Waals surface area contributed by atoms with Gasteiger partial charge < -0.3 is 14.6 Å². The monoisotopic (exact) mass is 441 g/mol. The van der Waals surface area contributed by atoms with Gasteiger partial charge in [-0.3, -0.25) is 4.79 Å². The molecular weight excluding hydrogens is 418 g/mol. The van der Waals surface area contributed by atoms with E-state index in [0.717, 1.165) is 17.1 Å². The number of anilines is 1.